The zero-order valence-electron chi connectivity index (χ0n) is 33.5. The van der Waals surface area contributed by atoms with Gasteiger partial charge in [-0.15, -0.1) is 0 Å². The fraction of sp³-hybridized carbons (Fsp3) is 0.714. The van der Waals surface area contributed by atoms with E-state index in [0.717, 1.165) is 64.2 Å². The molecule has 2 atom stereocenters. The van der Waals surface area contributed by atoms with Crippen LogP contribution >= 0.6 is 7.82 Å². The minimum Gasteiger partial charge on any atom is -0.462 e. The molecular formula is C42H75NO8P+. The number of unbranched alkanes of at least 4 members (excludes halogenated alkanes) is 14. The van der Waals surface area contributed by atoms with Gasteiger partial charge in [0.2, 0.25) is 0 Å². The molecule has 0 amide bonds. The van der Waals surface area contributed by atoms with Gasteiger partial charge in [-0.3, -0.25) is 18.6 Å². The minimum atomic E-state index is -4.38. The van der Waals surface area contributed by atoms with Gasteiger partial charge in [-0.1, -0.05) is 132 Å². The highest BCUT2D eigenvalue weighted by molar-refractivity contribution is 7.47. The molecule has 52 heavy (non-hydrogen) atoms. The third-order valence-electron chi connectivity index (χ3n) is 8.13. The number of ether oxygens (including phenoxy) is 2. The zero-order valence-corrected chi connectivity index (χ0v) is 34.4. The monoisotopic (exact) mass is 753 g/mol. The first-order chi connectivity index (χ1) is 25.0. The third-order valence-corrected chi connectivity index (χ3v) is 9.11. The SMILES string of the molecule is CC/C=C/C=C/C=C/C=C/CCCCCCCC(=O)OC[C@H](COP(=O)(O)OCC[N+](C)(C)C)OC(=O)CCCCC/C=C/CCCCCCCC. The van der Waals surface area contributed by atoms with Gasteiger partial charge in [0, 0.05) is 12.8 Å². The van der Waals surface area contributed by atoms with Crippen molar-refractivity contribution < 1.29 is 42.1 Å². The zero-order chi connectivity index (χ0) is 38.6. The third kappa shape index (κ3) is 37.5. The van der Waals surface area contributed by atoms with E-state index >= 15 is 0 Å². The second-order valence-corrected chi connectivity index (χ2v) is 15.8. The van der Waals surface area contributed by atoms with E-state index in [1.807, 2.05) is 51.5 Å². The Morgan fingerprint density at radius 2 is 1.12 bits per heavy atom. The number of carbonyl (C=O) groups is 2. The molecule has 0 aromatic carbocycles. The molecule has 0 aromatic rings. The molecule has 0 rings (SSSR count). The quantitative estimate of drug-likeness (QED) is 0.0170. The summed E-state index contributed by atoms with van der Waals surface area (Å²) in [5.74, 6) is -0.851. The van der Waals surface area contributed by atoms with Gasteiger partial charge in [-0.05, 0) is 57.8 Å². The standard InChI is InChI=1S/C42H74NO8P/c1-6-8-10-12-14-16-18-20-21-23-24-26-28-30-32-34-41(44)48-38-40(39-50-52(46,47)49-37-36-43(3,4)5)51-42(45)35-33-31-29-27-25-22-19-17-15-13-11-9-7-2/h8,10,12,14,16,18,20-22,25,40H,6-7,9,11,13,15,17,19,23-24,26-39H2,1-5H3/p+1/b10-8+,14-12+,18-16+,21-20+,25-22+/t40-/m1/s1. The van der Waals surface area contributed by atoms with Crippen molar-refractivity contribution in [3.63, 3.8) is 0 Å². The van der Waals surface area contributed by atoms with Crippen LogP contribution in [0.4, 0.5) is 0 Å². The lowest BCUT2D eigenvalue weighted by Crippen LogP contribution is -2.37. The summed E-state index contributed by atoms with van der Waals surface area (Å²) in [6, 6.07) is 0. The minimum absolute atomic E-state index is 0.0221. The molecule has 0 aliphatic carbocycles. The van der Waals surface area contributed by atoms with Gasteiger partial charge in [-0.25, -0.2) is 4.57 Å². The van der Waals surface area contributed by atoms with Gasteiger partial charge < -0.3 is 18.9 Å². The summed E-state index contributed by atoms with van der Waals surface area (Å²) in [6.07, 6.45) is 39.8. The van der Waals surface area contributed by atoms with Crippen LogP contribution in [0.5, 0.6) is 0 Å². The van der Waals surface area contributed by atoms with E-state index in [2.05, 4.69) is 44.2 Å². The molecule has 0 fully saturated rings. The maximum atomic E-state index is 12.6. The Bertz CT molecular complexity index is 1080. The van der Waals surface area contributed by atoms with E-state index in [4.69, 9.17) is 18.5 Å². The second-order valence-electron chi connectivity index (χ2n) is 14.4. The van der Waals surface area contributed by atoms with Crippen molar-refractivity contribution >= 4 is 19.8 Å². The van der Waals surface area contributed by atoms with Crippen LogP contribution in [-0.2, 0) is 32.7 Å². The molecule has 0 aromatic heterocycles. The van der Waals surface area contributed by atoms with Crippen LogP contribution in [0.25, 0.3) is 0 Å². The smallest absolute Gasteiger partial charge is 0.462 e. The van der Waals surface area contributed by atoms with Crippen LogP contribution in [0.3, 0.4) is 0 Å². The van der Waals surface area contributed by atoms with Crippen LogP contribution in [0.15, 0.2) is 60.8 Å². The van der Waals surface area contributed by atoms with Crippen molar-refractivity contribution in [1.29, 1.82) is 0 Å². The molecule has 0 aliphatic heterocycles. The Hall–Kier alpha value is -2.29. The number of nitrogens with zero attached hydrogens (tertiary/aromatic N) is 1. The Morgan fingerprint density at radius 3 is 1.71 bits per heavy atom. The number of quaternary nitrogens is 1. The predicted molar refractivity (Wildman–Crippen MR) is 215 cm³/mol. The number of likely N-dealkylation sites (N-methyl/N-ethyl adjacent to an activating group) is 1. The lowest BCUT2D eigenvalue weighted by Gasteiger charge is -2.24. The number of hydrogen-bond acceptors (Lipinski definition) is 7. The summed E-state index contributed by atoms with van der Waals surface area (Å²) >= 11 is 0. The summed E-state index contributed by atoms with van der Waals surface area (Å²) in [6.45, 7) is 4.20. The van der Waals surface area contributed by atoms with Crippen molar-refractivity contribution in [2.45, 2.75) is 148 Å². The number of rotatable bonds is 35. The van der Waals surface area contributed by atoms with Crippen molar-refractivity contribution in [3.05, 3.63) is 60.8 Å². The van der Waals surface area contributed by atoms with Gasteiger partial charge in [0.05, 0.1) is 27.7 Å². The molecule has 0 heterocycles. The molecule has 0 saturated heterocycles. The summed E-state index contributed by atoms with van der Waals surface area (Å²) in [7, 11) is 1.44. The van der Waals surface area contributed by atoms with Crippen LogP contribution < -0.4 is 0 Å². The van der Waals surface area contributed by atoms with Gasteiger partial charge >= 0.3 is 19.8 Å². The Labute approximate surface area is 317 Å². The van der Waals surface area contributed by atoms with E-state index in [1.54, 1.807) is 0 Å². The molecule has 0 radical (unpaired) electrons. The number of allylic oxidation sites excluding steroid dienone is 10. The topological polar surface area (TPSA) is 108 Å². The van der Waals surface area contributed by atoms with Crippen LogP contribution in [0.2, 0.25) is 0 Å². The second kappa shape index (κ2) is 34.5. The maximum Gasteiger partial charge on any atom is 0.472 e. The van der Waals surface area contributed by atoms with Crippen molar-refractivity contribution in [1.82, 2.24) is 0 Å². The number of phosphoric ester groups is 1. The van der Waals surface area contributed by atoms with Gasteiger partial charge in [0.25, 0.3) is 0 Å². The highest BCUT2D eigenvalue weighted by Gasteiger charge is 2.27. The predicted octanol–water partition coefficient (Wildman–Crippen LogP) is 10.9. The van der Waals surface area contributed by atoms with E-state index in [9.17, 15) is 19.0 Å². The van der Waals surface area contributed by atoms with E-state index in [-0.39, 0.29) is 26.1 Å². The van der Waals surface area contributed by atoms with Gasteiger partial charge in [0.15, 0.2) is 6.10 Å². The average Bonchev–Trinajstić information content (AvgIpc) is 3.09. The van der Waals surface area contributed by atoms with Gasteiger partial charge in [-0.2, -0.15) is 0 Å². The lowest BCUT2D eigenvalue weighted by molar-refractivity contribution is -0.870. The highest BCUT2D eigenvalue weighted by Crippen LogP contribution is 2.43. The fourth-order valence-corrected chi connectivity index (χ4v) is 5.70. The molecule has 0 bridgehead atoms. The van der Waals surface area contributed by atoms with Crippen molar-refractivity contribution in [2.75, 3.05) is 47.5 Å². The largest absolute Gasteiger partial charge is 0.472 e. The summed E-state index contributed by atoms with van der Waals surface area (Å²) in [5.41, 5.74) is 0. The fourth-order valence-electron chi connectivity index (χ4n) is 4.96. The number of esters is 2. The highest BCUT2D eigenvalue weighted by atomic mass is 31.2. The first kappa shape index (κ1) is 49.7. The summed E-state index contributed by atoms with van der Waals surface area (Å²) < 4.78 is 34.2. The maximum absolute atomic E-state index is 12.6. The molecule has 1 unspecified atom stereocenters. The molecule has 10 heteroatoms. The van der Waals surface area contributed by atoms with Crippen molar-refractivity contribution in [2.24, 2.45) is 0 Å². The number of carbonyl (C=O) groups excluding carboxylic acids is 2. The number of phosphoric acid groups is 1. The van der Waals surface area contributed by atoms with Crippen LogP contribution in [0, 0.1) is 0 Å². The summed E-state index contributed by atoms with van der Waals surface area (Å²) in [4.78, 5) is 35.2. The lowest BCUT2D eigenvalue weighted by atomic mass is 10.1. The molecule has 1 N–H and O–H groups in total. The number of hydrogen-bond donors (Lipinski definition) is 1. The Kier molecular flexibility index (Phi) is 33.0. The van der Waals surface area contributed by atoms with Crippen molar-refractivity contribution in [3.8, 4) is 0 Å². The average molecular weight is 753 g/mol. The molecule has 0 saturated carbocycles. The molecule has 0 spiro atoms. The molecule has 9 nitrogen and oxygen atoms in total. The van der Waals surface area contributed by atoms with Crippen LogP contribution in [0.1, 0.15) is 142 Å². The normalized spacial score (nSPS) is 14.3. The molecular weight excluding hydrogens is 677 g/mol. The Balaban J connectivity index is 4.49. The molecule has 0 aliphatic rings. The van der Waals surface area contributed by atoms with E-state index < -0.39 is 32.5 Å². The summed E-state index contributed by atoms with van der Waals surface area (Å²) in [5, 5.41) is 0. The Morgan fingerprint density at radius 1 is 0.615 bits per heavy atom. The van der Waals surface area contributed by atoms with E-state index in [0.29, 0.717) is 23.9 Å². The van der Waals surface area contributed by atoms with E-state index in [1.165, 1.54) is 38.5 Å². The first-order valence-electron chi connectivity index (χ1n) is 20.1. The van der Waals surface area contributed by atoms with Crippen LogP contribution in [-0.4, -0.2) is 74.9 Å². The first-order valence-corrected chi connectivity index (χ1v) is 21.6. The molecule has 300 valence electrons. The van der Waals surface area contributed by atoms with Gasteiger partial charge in [0.1, 0.15) is 19.8 Å².